The van der Waals surface area contributed by atoms with Crippen LogP contribution >= 0.6 is 27.3 Å². The van der Waals surface area contributed by atoms with Crippen LogP contribution in [-0.2, 0) is 19.1 Å². The van der Waals surface area contributed by atoms with Crippen molar-refractivity contribution in [2.24, 2.45) is 4.99 Å². The standard InChI is InChI=1S/C25H24BrF3N4O4S/c26-17-9-14(27)5-6-16(17)21-20-18(31-22(32-21)23-30-7-8-38-23)11-33-12-25(28,29)10-15(33)3-1-2-4-19(34)36-13-37-24(20)35/h5-9,15,21H,1-4,10-13H2,(H,31,32)/t15-,21+/m1/s1. The van der Waals surface area contributed by atoms with Gasteiger partial charge in [0.05, 0.1) is 12.1 Å². The molecule has 0 radical (unpaired) electrons. The first-order chi connectivity index (χ1) is 18.2. The Hall–Kier alpha value is -2.77. The summed E-state index contributed by atoms with van der Waals surface area (Å²) in [6, 6.07) is 2.57. The lowest BCUT2D eigenvalue weighted by Crippen LogP contribution is -2.41. The Morgan fingerprint density at radius 1 is 1.21 bits per heavy atom. The molecule has 1 saturated heterocycles. The van der Waals surface area contributed by atoms with Gasteiger partial charge in [-0.1, -0.05) is 28.4 Å². The van der Waals surface area contributed by atoms with Crippen LogP contribution in [0, 0.1) is 5.82 Å². The largest absolute Gasteiger partial charge is 0.428 e. The molecule has 2 atom stereocenters. The summed E-state index contributed by atoms with van der Waals surface area (Å²) in [6.07, 6.45) is 2.91. The number of hydrogen-bond donors (Lipinski definition) is 1. The third-order valence-corrected chi connectivity index (χ3v) is 8.13. The molecular weight excluding hydrogens is 589 g/mol. The molecule has 202 valence electrons. The molecule has 2 aromatic rings. The van der Waals surface area contributed by atoms with Crippen molar-refractivity contribution in [3.05, 3.63) is 61.9 Å². The number of halogens is 4. The number of hydrogen-bond acceptors (Lipinski definition) is 9. The number of aromatic nitrogens is 1. The van der Waals surface area contributed by atoms with E-state index >= 15 is 0 Å². The van der Waals surface area contributed by atoms with Crippen LogP contribution < -0.4 is 5.32 Å². The van der Waals surface area contributed by atoms with Gasteiger partial charge in [0.25, 0.3) is 5.92 Å². The first kappa shape index (κ1) is 26.8. The molecule has 5 rings (SSSR count). The Labute approximate surface area is 229 Å². The number of cyclic esters (lactones) is 2. The second-order valence-electron chi connectivity index (χ2n) is 9.33. The summed E-state index contributed by atoms with van der Waals surface area (Å²) in [5, 5.41) is 5.44. The van der Waals surface area contributed by atoms with Gasteiger partial charge < -0.3 is 14.8 Å². The topological polar surface area (TPSA) is 93.1 Å². The zero-order valence-corrected chi connectivity index (χ0v) is 22.5. The molecule has 38 heavy (non-hydrogen) atoms. The summed E-state index contributed by atoms with van der Waals surface area (Å²) in [5.74, 6) is -4.40. The van der Waals surface area contributed by atoms with Crippen LogP contribution in [0.25, 0.3) is 0 Å². The second kappa shape index (κ2) is 11.1. The van der Waals surface area contributed by atoms with Crippen molar-refractivity contribution in [3.8, 4) is 0 Å². The van der Waals surface area contributed by atoms with E-state index in [1.54, 1.807) is 16.5 Å². The minimum Gasteiger partial charge on any atom is -0.428 e. The van der Waals surface area contributed by atoms with Crippen LogP contribution in [0.5, 0.6) is 0 Å². The maximum Gasteiger partial charge on any atom is 0.341 e. The van der Waals surface area contributed by atoms with E-state index in [2.05, 4.69) is 26.2 Å². The van der Waals surface area contributed by atoms with Gasteiger partial charge in [-0.15, -0.1) is 11.3 Å². The number of esters is 2. The van der Waals surface area contributed by atoms with E-state index in [0.717, 1.165) is 0 Å². The van der Waals surface area contributed by atoms with Gasteiger partial charge in [0.15, 0.2) is 10.8 Å². The summed E-state index contributed by atoms with van der Waals surface area (Å²) < 4.78 is 53.8. The van der Waals surface area contributed by atoms with Gasteiger partial charge in [-0.25, -0.2) is 22.9 Å². The molecule has 0 aliphatic carbocycles. The fraction of sp³-hybridized carbons (Fsp3) is 0.440. The zero-order chi connectivity index (χ0) is 26.9. The molecule has 4 heterocycles. The van der Waals surface area contributed by atoms with Gasteiger partial charge in [0.2, 0.25) is 6.79 Å². The van der Waals surface area contributed by atoms with Gasteiger partial charge in [-0.2, -0.15) is 0 Å². The minimum absolute atomic E-state index is 0.00415. The van der Waals surface area contributed by atoms with E-state index in [1.807, 2.05) is 0 Å². The number of aliphatic imine (C=N–C) groups is 1. The molecule has 0 amide bonds. The quantitative estimate of drug-likeness (QED) is 0.491. The Balaban J connectivity index is 1.61. The van der Waals surface area contributed by atoms with Crippen LogP contribution in [0.15, 0.2) is 50.5 Å². The number of carbonyl (C=O) groups excluding carboxylic acids is 2. The van der Waals surface area contributed by atoms with Gasteiger partial charge in [0, 0.05) is 47.2 Å². The SMILES string of the molecule is O=C1CCCC[C@@H]2CC(F)(F)CN2CC2=C(C(=O)OCO1)[C@H](c1ccc(F)cc1Br)N=C(c1nccs1)N2. The lowest BCUT2D eigenvalue weighted by atomic mass is 9.95. The number of carbonyl (C=O) groups is 2. The monoisotopic (exact) mass is 612 g/mol. The van der Waals surface area contributed by atoms with Crippen molar-refractivity contribution >= 4 is 45.0 Å². The van der Waals surface area contributed by atoms with Crippen molar-refractivity contribution in [1.29, 1.82) is 0 Å². The van der Waals surface area contributed by atoms with Crippen molar-refractivity contribution < 1.29 is 32.2 Å². The molecule has 1 fully saturated rings. The molecule has 0 spiro atoms. The van der Waals surface area contributed by atoms with Crippen LogP contribution in [-0.4, -0.2) is 59.5 Å². The minimum atomic E-state index is -2.89. The normalized spacial score (nSPS) is 24.9. The lowest BCUT2D eigenvalue weighted by Gasteiger charge is -2.31. The van der Waals surface area contributed by atoms with Gasteiger partial charge in [-0.05, 0) is 30.5 Å². The lowest BCUT2D eigenvalue weighted by molar-refractivity contribution is -0.164. The highest BCUT2D eigenvalue weighted by Crippen LogP contribution is 2.39. The van der Waals surface area contributed by atoms with E-state index in [4.69, 9.17) is 14.5 Å². The number of amidine groups is 1. The fourth-order valence-corrected chi connectivity index (χ4v) is 6.10. The number of rotatable bonds is 2. The molecular formula is C25H24BrF3N4O4S. The molecule has 1 aromatic heterocycles. The van der Waals surface area contributed by atoms with Gasteiger partial charge in [0.1, 0.15) is 11.9 Å². The number of nitrogens with zero attached hydrogens (tertiary/aromatic N) is 3. The van der Waals surface area contributed by atoms with Crippen LogP contribution in [0.2, 0.25) is 0 Å². The van der Waals surface area contributed by atoms with Gasteiger partial charge in [-0.3, -0.25) is 14.7 Å². The summed E-state index contributed by atoms with van der Waals surface area (Å²) in [5.41, 5.74) is 0.843. The maximum atomic E-state index is 14.6. The molecule has 0 saturated carbocycles. The predicted molar refractivity (Wildman–Crippen MR) is 136 cm³/mol. The fourth-order valence-electron chi connectivity index (χ4n) is 4.94. The zero-order valence-electron chi connectivity index (χ0n) is 20.1. The highest BCUT2D eigenvalue weighted by atomic mass is 79.9. The summed E-state index contributed by atoms with van der Waals surface area (Å²) in [7, 11) is 0. The number of benzene rings is 1. The molecule has 0 unspecified atom stereocenters. The summed E-state index contributed by atoms with van der Waals surface area (Å²) in [4.78, 5) is 36.2. The van der Waals surface area contributed by atoms with Crippen LogP contribution in [0.3, 0.4) is 0 Å². The van der Waals surface area contributed by atoms with E-state index in [1.165, 1.54) is 29.5 Å². The summed E-state index contributed by atoms with van der Waals surface area (Å²) in [6.45, 7) is -1.06. The highest BCUT2D eigenvalue weighted by molar-refractivity contribution is 9.10. The van der Waals surface area contributed by atoms with E-state index in [9.17, 15) is 22.8 Å². The smallest absolute Gasteiger partial charge is 0.341 e. The Morgan fingerprint density at radius 3 is 2.82 bits per heavy atom. The van der Waals surface area contributed by atoms with Crippen molar-refractivity contribution in [2.75, 3.05) is 19.9 Å². The van der Waals surface area contributed by atoms with Crippen molar-refractivity contribution in [3.63, 3.8) is 0 Å². The number of fused-ring (bicyclic) bond motifs is 1. The Kier molecular flexibility index (Phi) is 7.87. The number of ether oxygens (including phenoxy) is 2. The number of nitrogens with one attached hydrogen (secondary N) is 1. The third-order valence-electron chi connectivity index (χ3n) is 6.66. The van der Waals surface area contributed by atoms with E-state index in [0.29, 0.717) is 45.8 Å². The molecule has 1 N–H and O–H groups in total. The highest BCUT2D eigenvalue weighted by Gasteiger charge is 2.45. The van der Waals surface area contributed by atoms with Crippen molar-refractivity contribution in [1.82, 2.24) is 15.2 Å². The summed E-state index contributed by atoms with van der Waals surface area (Å²) >= 11 is 4.68. The Bertz CT molecular complexity index is 1290. The van der Waals surface area contributed by atoms with E-state index < -0.39 is 49.1 Å². The third kappa shape index (κ3) is 5.94. The van der Waals surface area contributed by atoms with Gasteiger partial charge >= 0.3 is 11.9 Å². The molecule has 8 nitrogen and oxygen atoms in total. The first-order valence-corrected chi connectivity index (χ1v) is 13.7. The molecule has 3 aliphatic rings. The van der Waals surface area contributed by atoms with Crippen molar-refractivity contribution in [2.45, 2.75) is 50.1 Å². The second-order valence-corrected chi connectivity index (χ2v) is 11.1. The molecule has 0 bridgehead atoms. The average Bonchev–Trinajstić information content (AvgIpc) is 3.48. The Morgan fingerprint density at radius 2 is 2.05 bits per heavy atom. The predicted octanol–water partition coefficient (Wildman–Crippen LogP) is 4.72. The maximum absolute atomic E-state index is 14.6. The molecule has 1 aromatic carbocycles. The van der Waals surface area contributed by atoms with Crippen LogP contribution in [0.1, 0.15) is 48.7 Å². The van der Waals surface area contributed by atoms with E-state index in [-0.39, 0.29) is 25.0 Å². The van der Waals surface area contributed by atoms with Crippen LogP contribution in [0.4, 0.5) is 13.2 Å². The molecule has 3 aliphatic heterocycles. The number of alkyl halides is 2. The first-order valence-electron chi connectivity index (χ1n) is 12.1. The molecule has 13 heteroatoms. The number of thiazole rings is 1. The average molecular weight is 613 g/mol.